The first kappa shape index (κ1) is 16.0. The number of ether oxygens (including phenoxy) is 2. The van der Waals surface area contributed by atoms with Gasteiger partial charge in [0.1, 0.15) is 6.04 Å². The number of amides is 1. The lowest BCUT2D eigenvalue weighted by Crippen LogP contribution is -2.45. The number of rotatable bonds is 5. The molecule has 6 heteroatoms. The lowest BCUT2D eigenvalue weighted by Gasteiger charge is -2.19. The average Bonchev–Trinajstić information content (AvgIpc) is 3.08. The van der Waals surface area contributed by atoms with Gasteiger partial charge in [0.15, 0.2) is 0 Å². The van der Waals surface area contributed by atoms with Crippen LogP contribution in [0.2, 0.25) is 0 Å². The fourth-order valence-electron chi connectivity index (χ4n) is 2.39. The Labute approximate surface area is 129 Å². The molecule has 0 spiro atoms. The van der Waals surface area contributed by atoms with E-state index in [1.165, 1.54) is 7.11 Å². The highest BCUT2D eigenvalue weighted by molar-refractivity contribution is 5.86. The van der Waals surface area contributed by atoms with Gasteiger partial charge in [-0.05, 0) is 18.1 Å². The summed E-state index contributed by atoms with van der Waals surface area (Å²) in [5.41, 5.74) is 1.18. The molecule has 1 aliphatic heterocycles. The van der Waals surface area contributed by atoms with Gasteiger partial charge in [-0.2, -0.15) is 5.26 Å². The number of methoxy groups -OCH3 is 1. The van der Waals surface area contributed by atoms with Crippen LogP contribution >= 0.6 is 0 Å². The molecule has 1 fully saturated rings. The zero-order valence-electron chi connectivity index (χ0n) is 12.4. The first-order chi connectivity index (χ1) is 10.7. The Balaban J connectivity index is 2.11. The maximum Gasteiger partial charge on any atom is 0.328 e. The third-order valence-electron chi connectivity index (χ3n) is 3.66. The van der Waals surface area contributed by atoms with Crippen LogP contribution in [0.25, 0.3) is 0 Å². The third-order valence-corrected chi connectivity index (χ3v) is 3.66. The van der Waals surface area contributed by atoms with Gasteiger partial charge in [0.05, 0.1) is 31.3 Å². The quantitative estimate of drug-likeness (QED) is 0.813. The van der Waals surface area contributed by atoms with E-state index in [9.17, 15) is 9.59 Å². The molecule has 0 saturated carbocycles. The number of nitrogens with one attached hydrogen (secondary N) is 1. The molecule has 1 aliphatic rings. The predicted octanol–water partition coefficient (Wildman–Crippen LogP) is 0.795. The van der Waals surface area contributed by atoms with Gasteiger partial charge in [-0.25, -0.2) is 4.79 Å². The Morgan fingerprint density at radius 1 is 1.50 bits per heavy atom. The van der Waals surface area contributed by atoms with Crippen molar-refractivity contribution >= 4 is 11.9 Å². The van der Waals surface area contributed by atoms with Crippen molar-refractivity contribution in [3.63, 3.8) is 0 Å². The molecule has 22 heavy (non-hydrogen) atoms. The van der Waals surface area contributed by atoms with E-state index in [1.807, 2.05) is 0 Å². The smallest absolute Gasteiger partial charge is 0.328 e. The molecule has 6 nitrogen and oxygen atoms in total. The summed E-state index contributed by atoms with van der Waals surface area (Å²) in [4.78, 5) is 24.1. The summed E-state index contributed by atoms with van der Waals surface area (Å²) in [6.07, 6.45) is 0.865. The average molecular weight is 302 g/mol. The molecule has 1 aromatic carbocycles. The number of hydrogen-bond acceptors (Lipinski definition) is 5. The summed E-state index contributed by atoms with van der Waals surface area (Å²) in [6.45, 7) is 0.923. The Kier molecular flexibility index (Phi) is 5.50. The number of nitriles is 1. The molecular weight excluding hydrogens is 284 g/mol. The number of esters is 1. The number of carbonyl (C=O) groups excluding carboxylic acids is 2. The van der Waals surface area contributed by atoms with E-state index in [2.05, 4.69) is 11.4 Å². The lowest BCUT2D eigenvalue weighted by atomic mass is 10.00. The second-order valence-electron chi connectivity index (χ2n) is 5.12. The van der Waals surface area contributed by atoms with Gasteiger partial charge < -0.3 is 14.8 Å². The Hall–Kier alpha value is -2.39. The summed E-state index contributed by atoms with van der Waals surface area (Å²) in [6, 6.07) is 8.25. The SMILES string of the molecule is COC(=O)[C@@H](Cc1ccccc1C#N)NC(=O)[C@H]1CCOC1. The van der Waals surface area contributed by atoms with Gasteiger partial charge in [-0.15, -0.1) is 0 Å². The lowest BCUT2D eigenvalue weighted by molar-refractivity contribution is -0.145. The van der Waals surface area contributed by atoms with E-state index in [0.717, 1.165) is 0 Å². The zero-order valence-corrected chi connectivity index (χ0v) is 12.4. The van der Waals surface area contributed by atoms with Gasteiger partial charge in [0.2, 0.25) is 5.91 Å². The molecule has 2 atom stereocenters. The van der Waals surface area contributed by atoms with Crippen LogP contribution in [0, 0.1) is 17.2 Å². The number of nitrogens with zero attached hydrogens (tertiary/aromatic N) is 1. The molecule has 1 saturated heterocycles. The van der Waals surface area contributed by atoms with Gasteiger partial charge in [-0.3, -0.25) is 4.79 Å². The second kappa shape index (κ2) is 7.57. The van der Waals surface area contributed by atoms with E-state index in [0.29, 0.717) is 30.8 Å². The van der Waals surface area contributed by atoms with Gasteiger partial charge in [-0.1, -0.05) is 18.2 Å². The van der Waals surface area contributed by atoms with Crippen molar-refractivity contribution in [3.8, 4) is 6.07 Å². The number of carbonyl (C=O) groups is 2. The Bertz CT molecular complexity index is 588. The van der Waals surface area contributed by atoms with Crippen LogP contribution in [0.1, 0.15) is 17.5 Å². The van der Waals surface area contributed by atoms with Crippen LogP contribution in [-0.2, 0) is 25.5 Å². The summed E-state index contributed by atoms with van der Waals surface area (Å²) >= 11 is 0. The fraction of sp³-hybridized carbons (Fsp3) is 0.438. The highest BCUT2D eigenvalue weighted by Gasteiger charge is 2.29. The van der Waals surface area contributed by atoms with Crippen molar-refractivity contribution in [1.29, 1.82) is 5.26 Å². The molecule has 2 rings (SSSR count). The van der Waals surface area contributed by atoms with Gasteiger partial charge in [0.25, 0.3) is 0 Å². The molecule has 0 unspecified atom stereocenters. The van der Waals surface area contributed by atoms with Crippen molar-refractivity contribution in [2.75, 3.05) is 20.3 Å². The maximum absolute atomic E-state index is 12.2. The number of hydrogen-bond donors (Lipinski definition) is 1. The van der Waals surface area contributed by atoms with Gasteiger partial charge in [0, 0.05) is 13.0 Å². The van der Waals surface area contributed by atoms with Crippen molar-refractivity contribution in [2.45, 2.75) is 18.9 Å². The molecule has 0 radical (unpaired) electrons. The third kappa shape index (κ3) is 3.83. The Morgan fingerprint density at radius 3 is 2.91 bits per heavy atom. The summed E-state index contributed by atoms with van der Waals surface area (Å²) in [5, 5.41) is 11.8. The molecule has 0 aliphatic carbocycles. The highest BCUT2D eigenvalue weighted by Crippen LogP contribution is 2.15. The van der Waals surface area contributed by atoms with Crippen LogP contribution in [-0.4, -0.2) is 38.2 Å². The first-order valence-corrected chi connectivity index (χ1v) is 7.09. The zero-order chi connectivity index (χ0) is 15.9. The van der Waals surface area contributed by atoms with Crippen LogP contribution in [0.3, 0.4) is 0 Å². The normalized spacial score (nSPS) is 18.3. The van der Waals surface area contributed by atoms with Gasteiger partial charge >= 0.3 is 5.97 Å². The molecule has 0 aromatic heterocycles. The monoisotopic (exact) mass is 302 g/mol. The highest BCUT2D eigenvalue weighted by atomic mass is 16.5. The minimum Gasteiger partial charge on any atom is -0.467 e. The van der Waals surface area contributed by atoms with Crippen molar-refractivity contribution in [3.05, 3.63) is 35.4 Å². The maximum atomic E-state index is 12.2. The first-order valence-electron chi connectivity index (χ1n) is 7.09. The van der Waals surface area contributed by atoms with E-state index in [4.69, 9.17) is 14.7 Å². The largest absolute Gasteiger partial charge is 0.467 e. The van der Waals surface area contributed by atoms with E-state index < -0.39 is 12.0 Å². The van der Waals surface area contributed by atoms with E-state index >= 15 is 0 Å². The summed E-state index contributed by atoms with van der Waals surface area (Å²) in [7, 11) is 1.27. The summed E-state index contributed by atoms with van der Waals surface area (Å²) in [5.74, 6) is -0.985. The Morgan fingerprint density at radius 2 is 2.27 bits per heavy atom. The second-order valence-corrected chi connectivity index (χ2v) is 5.12. The minimum atomic E-state index is -0.812. The molecule has 116 valence electrons. The van der Waals surface area contributed by atoms with Crippen molar-refractivity contribution in [2.24, 2.45) is 5.92 Å². The molecular formula is C16H18N2O4. The predicted molar refractivity (Wildman–Crippen MR) is 77.7 cm³/mol. The minimum absolute atomic E-state index is 0.218. The topological polar surface area (TPSA) is 88.4 Å². The van der Waals surface area contributed by atoms with Crippen LogP contribution in [0.15, 0.2) is 24.3 Å². The fourth-order valence-corrected chi connectivity index (χ4v) is 2.39. The number of benzene rings is 1. The van der Waals surface area contributed by atoms with Crippen molar-refractivity contribution in [1.82, 2.24) is 5.32 Å². The molecule has 0 bridgehead atoms. The van der Waals surface area contributed by atoms with Crippen LogP contribution in [0.5, 0.6) is 0 Å². The van der Waals surface area contributed by atoms with Crippen LogP contribution in [0.4, 0.5) is 0 Å². The molecule has 1 N–H and O–H groups in total. The van der Waals surface area contributed by atoms with Crippen LogP contribution < -0.4 is 5.32 Å². The van der Waals surface area contributed by atoms with Crippen molar-refractivity contribution < 1.29 is 19.1 Å². The molecule has 1 aromatic rings. The standard InChI is InChI=1S/C16H18N2O4/c1-21-16(20)14(18-15(19)13-6-7-22-10-13)8-11-4-2-3-5-12(11)9-17/h2-5,13-14H,6-8,10H2,1H3,(H,18,19)/t13-,14+/m0/s1. The molecule has 1 amide bonds. The van der Waals surface area contributed by atoms with E-state index in [1.54, 1.807) is 24.3 Å². The molecule has 1 heterocycles. The summed E-state index contributed by atoms with van der Waals surface area (Å²) < 4.78 is 9.94. The van der Waals surface area contributed by atoms with E-state index in [-0.39, 0.29) is 18.2 Å².